The zero-order valence-electron chi connectivity index (χ0n) is 5.30. The van der Waals surface area contributed by atoms with Crippen LogP contribution in [0.2, 0.25) is 0 Å². The fourth-order valence-corrected chi connectivity index (χ4v) is 0.720. The van der Waals surface area contributed by atoms with Crippen LogP contribution in [0, 0.1) is 0 Å². The highest BCUT2D eigenvalue weighted by atomic mass is 32.3. The summed E-state index contributed by atoms with van der Waals surface area (Å²) >= 11 is 3.60. The molecule has 0 spiro atoms. The average Bonchev–Trinajstić information content (AvgIpc) is 1.82. The molecule has 8 heteroatoms. The van der Waals surface area contributed by atoms with E-state index in [4.69, 9.17) is 10.3 Å². The van der Waals surface area contributed by atoms with E-state index in [0.717, 1.165) is 0 Å². The molecular weight excluding hydrogens is 194 g/mol. The summed E-state index contributed by atoms with van der Waals surface area (Å²) in [6.45, 7) is 0. The lowest BCUT2D eigenvalue weighted by molar-refractivity contribution is -0.135. The van der Waals surface area contributed by atoms with Crippen molar-refractivity contribution in [2.45, 2.75) is 6.04 Å². The minimum atomic E-state index is -4.74. The van der Waals surface area contributed by atoms with Crippen LogP contribution in [0.15, 0.2) is 0 Å². The van der Waals surface area contributed by atoms with E-state index in [0.29, 0.717) is 0 Å². The van der Waals surface area contributed by atoms with Crippen LogP contribution in [0.3, 0.4) is 0 Å². The second kappa shape index (κ2) is 3.90. The van der Waals surface area contributed by atoms with Gasteiger partial charge in [0.05, 0.1) is 0 Å². The van der Waals surface area contributed by atoms with Crippen molar-refractivity contribution in [2.75, 3.05) is 5.75 Å². The van der Waals surface area contributed by atoms with Gasteiger partial charge in [-0.3, -0.25) is 4.55 Å². The molecule has 0 heterocycles. The van der Waals surface area contributed by atoms with Crippen LogP contribution in [-0.4, -0.2) is 30.7 Å². The molecule has 11 heavy (non-hydrogen) atoms. The number of carbonyl (C=O) groups is 1. The van der Waals surface area contributed by atoms with Gasteiger partial charge >= 0.3 is 16.4 Å². The summed E-state index contributed by atoms with van der Waals surface area (Å²) in [7, 11) is -4.74. The molecule has 0 aliphatic rings. The topological polar surface area (TPSA) is 107 Å². The van der Waals surface area contributed by atoms with Gasteiger partial charge in [-0.25, -0.2) is 4.79 Å². The van der Waals surface area contributed by atoms with E-state index in [1.54, 1.807) is 0 Å². The summed E-state index contributed by atoms with van der Waals surface area (Å²) < 4.78 is 31.3. The SMILES string of the molecule is N[C@H](CS)C(=O)OS(=O)(=O)O. The van der Waals surface area contributed by atoms with Crippen LogP contribution in [0.4, 0.5) is 0 Å². The van der Waals surface area contributed by atoms with E-state index in [1.165, 1.54) is 0 Å². The minimum absolute atomic E-state index is 0.0612. The van der Waals surface area contributed by atoms with E-state index in [9.17, 15) is 13.2 Å². The second-order valence-corrected chi connectivity index (χ2v) is 3.01. The highest BCUT2D eigenvalue weighted by Crippen LogP contribution is 1.92. The molecule has 0 fully saturated rings. The molecule has 0 bridgehead atoms. The lowest BCUT2D eigenvalue weighted by atomic mass is 10.4. The van der Waals surface area contributed by atoms with Crippen LogP contribution in [0.1, 0.15) is 0 Å². The fraction of sp³-hybridized carbons (Fsp3) is 0.667. The van der Waals surface area contributed by atoms with Crippen LogP contribution in [0.25, 0.3) is 0 Å². The van der Waals surface area contributed by atoms with Crippen molar-refractivity contribution in [3.8, 4) is 0 Å². The van der Waals surface area contributed by atoms with Crippen molar-refractivity contribution in [3.63, 3.8) is 0 Å². The van der Waals surface area contributed by atoms with Crippen LogP contribution < -0.4 is 5.73 Å². The molecule has 3 N–H and O–H groups in total. The second-order valence-electron chi connectivity index (χ2n) is 1.62. The third kappa shape index (κ3) is 5.01. The normalized spacial score (nSPS) is 14.1. The molecule has 0 saturated heterocycles. The molecule has 0 aliphatic heterocycles. The molecule has 0 aromatic carbocycles. The molecule has 0 aromatic heterocycles. The minimum Gasteiger partial charge on any atom is -0.323 e. The lowest BCUT2D eigenvalue weighted by Crippen LogP contribution is -2.35. The highest BCUT2D eigenvalue weighted by Gasteiger charge is 2.19. The summed E-state index contributed by atoms with van der Waals surface area (Å²) in [6, 6.07) is -1.15. The summed E-state index contributed by atoms with van der Waals surface area (Å²) in [6.07, 6.45) is 0. The Morgan fingerprint density at radius 2 is 2.18 bits per heavy atom. The fourth-order valence-electron chi connectivity index (χ4n) is 0.240. The Labute approximate surface area is 69.1 Å². The molecule has 6 nitrogen and oxygen atoms in total. The van der Waals surface area contributed by atoms with Crippen LogP contribution >= 0.6 is 12.6 Å². The summed E-state index contributed by atoms with van der Waals surface area (Å²) in [5.74, 6) is -1.29. The molecule has 1 atom stereocenters. The quantitative estimate of drug-likeness (QED) is 0.382. The van der Waals surface area contributed by atoms with Gasteiger partial charge in [0.2, 0.25) is 0 Å². The Morgan fingerprint density at radius 1 is 1.73 bits per heavy atom. The monoisotopic (exact) mass is 201 g/mol. The Balaban J connectivity index is 4.10. The number of nitrogens with two attached hydrogens (primary N) is 1. The van der Waals surface area contributed by atoms with Gasteiger partial charge in [0.25, 0.3) is 0 Å². The molecule has 0 unspecified atom stereocenters. The van der Waals surface area contributed by atoms with Gasteiger partial charge < -0.3 is 9.92 Å². The van der Waals surface area contributed by atoms with E-state index in [1.807, 2.05) is 0 Å². The summed E-state index contributed by atoms with van der Waals surface area (Å²) in [4.78, 5) is 10.5. The summed E-state index contributed by atoms with van der Waals surface area (Å²) in [5.41, 5.74) is 5.00. The van der Waals surface area contributed by atoms with Crippen LogP contribution in [0.5, 0.6) is 0 Å². The number of hydrogen-bond donors (Lipinski definition) is 3. The molecule has 0 amide bonds. The van der Waals surface area contributed by atoms with Crippen molar-refractivity contribution in [2.24, 2.45) is 5.73 Å². The van der Waals surface area contributed by atoms with Gasteiger partial charge in [0.1, 0.15) is 6.04 Å². The van der Waals surface area contributed by atoms with Gasteiger partial charge in [0.15, 0.2) is 0 Å². The molecule has 0 aromatic rings. The Kier molecular flexibility index (Phi) is 3.79. The van der Waals surface area contributed by atoms with Crippen molar-refractivity contribution >= 4 is 29.0 Å². The first-order valence-electron chi connectivity index (χ1n) is 2.44. The highest BCUT2D eigenvalue weighted by molar-refractivity contribution is 7.81. The van der Waals surface area contributed by atoms with E-state index in [-0.39, 0.29) is 5.75 Å². The largest absolute Gasteiger partial charge is 0.449 e. The average molecular weight is 201 g/mol. The van der Waals surface area contributed by atoms with E-state index in [2.05, 4.69) is 16.8 Å². The molecule has 0 saturated carbocycles. The van der Waals surface area contributed by atoms with Crippen molar-refractivity contribution in [3.05, 3.63) is 0 Å². The third-order valence-corrected chi connectivity index (χ3v) is 1.46. The van der Waals surface area contributed by atoms with Gasteiger partial charge in [-0.15, -0.1) is 0 Å². The van der Waals surface area contributed by atoms with E-state index >= 15 is 0 Å². The number of hydrogen-bond acceptors (Lipinski definition) is 6. The first-order valence-corrected chi connectivity index (χ1v) is 4.43. The third-order valence-electron chi connectivity index (χ3n) is 0.687. The van der Waals surface area contributed by atoms with Crippen molar-refractivity contribution in [1.82, 2.24) is 0 Å². The molecule has 0 radical (unpaired) electrons. The number of thiol groups is 1. The Bertz CT molecular complexity index is 234. The predicted octanol–water partition coefficient (Wildman–Crippen LogP) is -1.41. The van der Waals surface area contributed by atoms with Crippen molar-refractivity contribution in [1.29, 1.82) is 0 Å². The maximum Gasteiger partial charge on any atom is 0.449 e. The maximum absolute atomic E-state index is 10.5. The Morgan fingerprint density at radius 3 is 2.45 bits per heavy atom. The first kappa shape index (κ1) is 10.7. The molecular formula is C3H7NO5S2. The zero-order chi connectivity index (χ0) is 9.07. The maximum atomic E-state index is 10.5. The number of carbonyl (C=O) groups excluding carboxylic acids is 1. The Hall–Kier alpha value is -0.310. The smallest absolute Gasteiger partial charge is 0.323 e. The standard InChI is InChI=1S/C3H7NO5S2/c4-2(1-10)3(5)9-11(6,7)8/h2,10H,1,4H2,(H,6,7,8)/t2-/m1/s1. The van der Waals surface area contributed by atoms with Gasteiger partial charge in [0, 0.05) is 5.75 Å². The molecule has 66 valence electrons. The van der Waals surface area contributed by atoms with Crippen molar-refractivity contribution < 1.29 is 21.9 Å². The lowest BCUT2D eigenvalue weighted by Gasteiger charge is -2.04. The summed E-state index contributed by atoms with van der Waals surface area (Å²) in [5, 5.41) is 0. The van der Waals surface area contributed by atoms with Gasteiger partial charge in [-0.2, -0.15) is 21.0 Å². The molecule has 0 aliphatic carbocycles. The first-order chi connectivity index (χ1) is 4.87. The van der Waals surface area contributed by atoms with Crippen LogP contribution in [-0.2, 0) is 19.4 Å². The van der Waals surface area contributed by atoms with Gasteiger partial charge in [-0.05, 0) is 0 Å². The van der Waals surface area contributed by atoms with E-state index < -0.39 is 22.4 Å². The zero-order valence-corrected chi connectivity index (χ0v) is 7.01. The predicted molar refractivity (Wildman–Crippen MR) is 39.5 cm³/mol. The number of rotatable bonds is 3. The molecule has 0 rings (SSSR count). The van der Waals surface area contributed by atoms with Gasteiger partial charge in [-0.1, -0.05) is 0 Å².